The van der Waals surface area contributed by atoms with Crippen molar-refractivity contribution in [2.75, 3.05) is 12.4 Å². The number of carbonyl (C=O) groups is 2. The number of carbonyl (C=O) groups excluding carboxylic acids is 2. The Kier molecular flexibility index (Phi) is 6.28. The number of hydrogen-bond acceptors (Lipinski definition) is 3. The molecule has 0 aromatic heterocycles. The highest BCUT2D eigenvalue weighted by atomic mass is 79.9. The summed E-state index contributed by atoms with van der Waals surface area (Å²) in [7, 11) is 1.44. The van der Waals surface area contributed by atoms with Crippen LogP contribution in [0.15, 0.2) is 46.9 Å². The van der Waals surface area contributed by atoms with E-state index in [2.05, 4.69) is 39.4 Å². The Morgan fingerprint density at radius 1 is 1.10 bits per heavy atom. The van der Waals surface area contributed by atoms with Crippen LogP contribution in [0.4, 0.5) is 5.69 Å². The van der Waals surface area contributed by atoms with Crippen LogP contribution in [-0.4, -0.2) is 19.0 Å². The standard InChI is InChI=1S/C25H28BrNO3/c1-15-19(20-14-21(20)25(29)30-2)8-5-9-22(15)27-24(28)23(16-6-3-4-7-16)17-10-12-18(26)13-11-17/h5,8-13,16,20-21,23H,3-4,6-7,14H2,1-2H3,(H,27,28). The monoisotopic (exact) mass is 469 g/mol. The fraction of sp³-hybridized carbons (Fsp3) is 0.440. The summed E-state index contributed by atoms with van der Waals surface area (Å²) in [6.07, 6.45) is 5.38. The molecule has 5 heteroatoms. The first-order valence-electron chi connectivity index (χ1n) is 10.7. The molecule has 4 rings (SSSR count). The van der Waals surface area contributed by atoms with E-state index >= 15 is 0 Å². The molecule has 4 nitrogen and oxygen atoms in total. The van der Waals surface area contributed by atoms with Gasteiger partial charge in [0.2, 0.25) is 5.91 Å². The van der Waals surface area contributed by atoms with Gasteiger partial charge in [0.1, 0.15) is 0 Å². The Hall–Kier alpha value is -2.14. The first kappa shape index (κ1) is 21.1. The Bertz CT molecular complexity index is 934. The molecule has 158 valence electrons. The molecule has 0 heterocycles. The third kappa shape index (κ3) is 4.31. The summed E-state index contributed by atoms with van der Waals surface area (Å²) in [5.41, 5.74) is 4.09. The maximum Gasteiger partial charge on any atom is 0.309 e. The first-order chi connectivity index (χ1) is 14.5. The number of amides is 1. The zero-order chi connectivity index (χ0) is 21.3. The summed E-state index contributed by atoms with van der Waals surface area (Å²) in [6, 6.07) is 14.1. The van der Waals surface area contributed by atoms with Gasteiger partial charge in [-0.15, -0.1) is 0 Å². The molecule has 30 heavy (non-hydrogen) atoms. The van der Waals surface area contributed by atoms with Crippen molar-refractivity contribution in [2.24, 2.45) is 11.8 Å². The van der Waals surface area contributed by atoms with E-state index in [0.29, 0.717) is 5.92 Å². The van der Waals surface area contributed by atoms with E-state index < -0.39 is 0 Å². The van der Waals surface area contributed by atoms with Gasteiger partial charge in [0.05, 0.1) is 18.9 Å². The Morgan fingerprint density at radius 2 is 1.80 bits per heavy atom. The molecular weight excluding hydrogens is 442 g/mol. The van der Waals surface area contributed by atoms with Gasteiger partial charge >= 0.3 is 5.97 Å². The van der Waals surface area contributed by atoms with E-state index in [4.69, 9.17) is 4.74 Å². The fourth-order valence-corrected chi connectivity index (χ4v) is 5.21. The van der Waals surface area contributed by atoms with Crippen LogP contribution in [0.1, 0.15) is 60.6 Å². The predicted octanol–water partition coefficient (Wildman–Crippen LogP) is 5.95. The molecule has 2 saturated carbocycles. The molecule has 2 aliphatic rings. The van der Waals surface area contributed by atoms with Crippen molar-refractivity contribution in [3.8, 4) is 0 Å². The first-order valence-corrected chi connectivity index (χ1v) is 11.5. The van der Waals surface area contributed by atoms with Gasteiger partial charge in [-0.05, 0) is 72.9 Å². The molecule has 2 aliphatic carbocycles. The molecule has 3 atom stereocenters. The highest BCUT2D eigenvalue weighted by molar-refractivity contribution is 9.10. The lowest BCUT2D eigenvalue weighted by Crippen LogP contribution is -2.27. The number of nitrogens with one attached hydrogen (secondary N) is 1. The molecule has 0 radical (unpaired) electrons. The number of benzene rings is 2. The third-order valence-electron chi connectivity index (χ3n) is 6.71. The molecule has 0 spiro atoms. The van der Waals surface area contributed by atoms with Crippen molar-refractivity contribution in [1.29, 1.82) is 0 Å². The van der Waals surface area contributed by atoms with E-state index in [1.165, 1.54) is 20.0 Å². The van der Waals surface area contributed by atoms with Crippen LogP contribution < -0.4 is 5.32 Å². The molecule has 2 aromatic rings. The number of ether oxygens (including phenoxy) is 1. The molecule has 1 N–H and O–H groups in total. The number of methoxy groups -OCH3 is 1. The summed E-state index contributed by atoms with van der Waals surface area (Å²) in [6.45, 7) is 2.03. The second-order valence-corrected chi connectivity index (χ2v) is 9.47. The van der Waals surface area contributed by atoms with Gasteiger partial charge in [0.25, 0.3) is 0 Å². The van der Waals surface area contributed by atoms with Crippen molar-refractivity contribution in [3.05, 3.63) is 63.6 Å². The van der Waals surface area contributed by atoms with E-state index in [1.54, 1.807) is 0 Å². The minimum atomic E-state index is -0.148. The summed E-state index contributed by atoms with van der Waals surface area (Å²) < 4.78 is 5.91. The van der Waals surface area contributed by atoms with Crippen LogP contribution in [-0.2, 0) is 14.3 Å². The zero-order valence-electron chi connectivity index (χ0n) is 17.5. The van der Waals surface area contributed by atoms with Crippen LogP contribution in [0.2, 0.25) is 0 Å². The van der Waals surface area contributed by atoms with Gasteiger partial charge in [-0.1, -0.05) is 53.0 Å². The van der Waals surface area contributed by atoms with Gasteiger partial charge in [-0.3, -0.25) is 9.59 Å². The molecule has 0 bridgehead atoms. The van der Waals surface area contributed by atoms with Crippen LogP contribution in [0.5, 0.6) is 0 Å². The Morgan fingerprint density at radius 3 is 2.47 bits per heavy atom. The average Bonchev–Trinajstić information content (AvgIpc) is 3.36. The lowest BCUT2D eigenvalue weighted by Gasteiger charge is -2.24. The van der Waals surface area contributed by atoms with Gasteiger partial charge in [0, 0.05) is 10.2 Å². The fourth-order valence-electron chi connectivity index (χ4n) is 4.95. The van der Waals surface area contributed by atoms with Crippen molar-refractivity contribution < 1.29 is 14.3 Å². The second-order valence-electron chi connectivity index (χ2n) is 8.55. The number of rotatable bonds is 6. The predicted molar refractivity (Wildman–Crippen MR) is 122 cm³/mol. The minimum absolute atomic E-state index is 0.0600. The van der Waals surface area contributed by atoms with E-state index in [1.807, 2.05) is 31.2 Å². The summed E-state index contributed by atoms with van der Waals surface area (Å²) >= 11 is 3.49. The molecular formula is C25H28BrNO3. The summed E-state index contributed by atoms with van der Waals surface area (Å²) in [5.74, 6) is 0.268. The van der Waals surface area contributed by atoms with Crippen LogP contribution in [0, 0.1) is 18.8 Å². The zero-order valence-corrected chi connectivity index (χ0v) is 19.1. The highest BCUT2D eigenvalue weighted by Gasteiger charge is 2.45. The van der Waals surface area contributed by atoms with Crippen LogP contribution in [0.25, 0.3) is 0 Å². The summed E-state index contributed by atoms with van der Waals surface area (Å²) in [5, 5.41) is 3.21. The van der Waals surface area contributed by atoms with Gasteiger partial charge in [-0.2, -0.15) is 0 Å². The molecule has 1 amide bonds. The maximum atomic E-state index is 13.5. The van der Waals surface area contributed by atoms with E-state index in [-0.39, 0.29) is 29.6 Å². The third-order valence-corrected chi connectivity index (χ3v) is 7.24. The lowest BCUT2D eigenvalue weighted by molar-refractivity contribution is -0.142. The molecule has 3 unspecified atom stereocenters. The van der Waals surface area contributed by atoms with Crippen LogP contribution >= 0.6 is 15.9 Å². The number of anilines is 1. The Labute approximate surface area is 186 Å². The second kappa shape index (κ2) is 8.93. The Balaban J connectivity index is 1.56. The largest absolute Gasteiger partial charge is 0.469 e. The summed E-state index contributed by atoms with van der Waals surface area (Å²) in [4.78, 5) is 25.3. The normalized spacial score (nSPS) is 21.8. The maximum absolute atomic E-state index is 13.5. The number of halogens is 1. The SMILES string of the molecule is COC(=O)C1CC1c1cccc(NC(=O)C(c2ccc(Br)cc2)C2CCCC2)c1C. The smallest absolute Gasteiger partial charge is 0.309 e. The van der Waals surface area contributed by atoms with Gasteiger partial charge < -0.3 is 10.1 Å². The van der Waals surface area contributed by atoms with Crippen molar-refractivity contribution >= 4 is 33.5 Å². The minimum Gasteiger partial charge on any atom is -0.469 e. The molecule has 0 aliphatic heterocycles. The molecule has 0 saturated heterocycles. The van der Waals surface area contributed by atoms with Gasteiger partial charge in [-0.25, -0.2) is 0 Å². The molecule has 2 aromatic carbocycles. The average molecular weight is 470 g/mol. The van der Waals surface area contributed by atoms with E-state index in [0.717, 1.165) is 46.1 Å². The quantitative estimate of drug-likeness (QED) is 0.531. The highest BCUT2D eigenvalue weighted by Crippen LogP contribution is 2.50. The van der Waals surface area contributed by atoms with E-state index in [9.17, 15) is 9.59 Å². The van der Waals surface area contributed by atoms with Crippen molar-refractivity contribution in [3.63, 3.8) is 0 Å². The van der Waals surface area contributed by atoms with Crippen molar-refractivity contribution in [2.45, 2.75) is 50.9 Å². The number of hydrogen-bond donors (Lipinski definition) is 1. The van der Waals surface area contributed by atoms with Crippen LogP contribution in [0.3, 0.4) is 0 Å². The topological polar surface area (TPSA) is 55.4 Å². The van der Waals surface area contributed by atoms with Gasteiger partial charge in [0.15, 0.2) is 0 Å². The van der Waals surface area contributed by atoms with Crippen molar-refractivity contribution in [1.82, 2.24) is 0 Å². The number of esters is 1. The lowest BCUT2D eigenvalue weighted by atomic mass is 9.84. The molecule has 2 fully saturated rings.